The van der Waals surface area contributed by atoms with Crippen LogP contribution in [0.5, 0.6) is 5.75 Å². The van der Waals surface area contributed by atoms with E-state index in [1.54, 1.807) is 25.4 Å². The predicted molar refractivity (Wildman–Crippen MR) is 86.6 cm³/mol. The average molecular weight is 289 g/mol. The van der Waals surface area contributed by atoms with Gasteiger partial charge in [-0.3, -0.25) is 4.98 Å². The number of aromatic nitrogens is 2. The van der Waals surface area contributed by atoms with Crippen LogP contribution in [0.1, 0.15) is 5.56 Å². The third kappa shape index (κ3) is 2.23. The summed E-state index contributed by atoms with van der Waals surface area (Å²) in [5.74, 6) is 0.777. The highest BCUT2D eigenvalue weighted by Gasteiger charge is 2.14. The number of nitriles is 1. The highest BCUT2D eigenvalue weighted by Crippen LogP contribution is 2.33. The van der Waals surface area contributed by atoms with E-state index in [1.807, 2.05) is 30.5 Å². The Morgan fingerprint density at radius 2 is 2.27 bits per heavy atom. The summed E-state index contributed by atoms with van der Waals surface area (Å²) in [5.41, 5.74) is 3.23. The normalized spacial score (nSPS) is 10.4. The summed E-state index contributed by atoms with van der Waals surface area (Å²) in [6.07, 6.45) is 5.55. The fourth-order valence-electron chi connectivity index (χ4n) is 2.59. The van der Waals surface area contributed by atoms with Gasteiger partial charge in [0.05, 0.1) is 18.4 Å². The SMILES string of the molecule is C=CCn1cc(-c2ncccc2C#N)c2cc(OC)ccc21. The maximum atomic E-state index is 9.33. The van der Waals surface area contributed by atoms with Gasteiger partial charge in [-0.1, -0.05) is 6.08 Å². The Morgan fingerprint density at radius 3 is 3.00 bits per heavy atom. The number of fused-ring (bicyclic) bond motifs is 1. The number of benzene rings is 1. The molecule has 108 valence electrons. The Bertz CT molecular complexity index is 887. The van der Waals surface area contributed by atoms with Crippen molar-refractivity contribution in [3.63, 3.8) is 0 Å². The van der Waals surface area contributed by atoms with Crippen molar-refractivity contribution in [2.45, 2.75) is 6.54 Å². The predicted octanol–water partition coefficient (Wildman–Crippen LogP) is 3.77. The summed E-state index contributed by atoms with van der Waals surface area (Å²) < 4.78 is 7.41. The summed E-state index contributed by atoms with van der Waals surface area (Å²) in [6, 6.07) is 11.7. The van der Waals surface area contributed by atoms with Crippen LogP contribution in [-0.4, -0.2) is 16.7 Å². The Morgan fingerprint density at radius 1 is 1.41 bits per heavy atom. The van der Waals surface area contributed by atoms with Crippen molar-refractivity contribution in [2.75, 3.05) is 7.11 Å². The summed E-state index contributed by atoms with van der Waals surface area (Å²) in [7, 11) is 1.64. The molecule has 0 amide bonds. The molecule has 0 bridgehead atoms. The first-order valence-electron chi connectivity index (χ1n) is 6.91. The summed E-state index contributed by atoms with van der Waals surface area (Å²) >= 11 is 0. The summed E-state index contributed by atoms with van der Waals surface area (Å²) in [6.45, 7) is 4.49. The highest BCUT2D eigenvalue weighted by molar-refractivity contribution is 5.97. The Kier molecular flexibility index (Phi) is 3.63. The zero-order valence-corrected chi connectivity index (χ0v) is 12.3. The molecule has 0 aliphatic carbocycles. The molecule has 0 fully saturated rings. The maximum Gasteiger partial charge on any atom is 0.119 e. The van der Waals surface area contributed by atoms with Crippen LogP contribution >= 0.6 is 0 Å². The van der Waals surface area contributed by atoms with Crippen LogP contribution in [0.15, 0.2) is 55.4 Å². The largest absolute Gasteiger partial charge is 0.497 e. The van der Waals surface area contributed by atoms with Gasteiger partial charge < -0.3 is 9.30 Å². The first-order chi connectivity index (χ1) is 10.8. The maximum absolute atomic E-state index is 9.33. The van der Waals surface area contributed by atoms with Gasteiger partial charge in [0.1, 0.15) is 11.8 Å². The third-order valence-electron chi connectivity index (χ3n) is 3.60. The van der Waals surface area contributed by atoms with Crippen LogP contribution in [0.2, 0.25) is 0 Å². The van der Waals surface area contributed by atoms with Gasteiger partial charge in [0.25, 0.3) is 0 Å². The molecule has 0 atom stereocenters. The van der Waals surface area contributed by atoms with E-state index >= 15 is 0 Å². The molecule has 3 aromatic rings. The molecule has 1 aromatic carbocycles. The molecular weight excluding hydrogens is 274 g/mol. The standard InChI is InChI=1S/C18H15N3O/c1-3-9-21-12-16(18-13(11-19)5-4-8-20-18)15-10-14(22-2)6-7-17(15)21/h3-8,10,12H,1,9H2,2H3. The fourth-order valence-corrected chi connectivity index (χ4v) is 2.59. The van der Waals surface area contributed by atoms with Crippen LogP contribution in [-0.2, 0) is 6.54 Å². The lowest BCUT2D eigenvalue weighted by atomic mass is 10.1. The second-order valence-corrected chi connectivity index (χ2v) is 4.88. The van der Waals surface area contributed by atoms with Crippen molar-refractivity contribution >= 4 is 10.9 Å². The minimum atomic E-state index is 0.558. The van der Waals surface area contributed by atoms with Crippen LogP contribution in [0.4, 0.5) is 0 Å². The van der Waals surface area contributed by atoms with Crippen LogP contribution in [0, 0.1) is 11.3 Å². The van der Waals surface area contributed by atoms with E-state index < -0.39 is 0 Å². The van der Waals surface area contributed by atoms with E-state index in [0.717, 1.165) is 22.2 Å². The molecule has 3 rings (SSSR count). The minimum absolute atomic E-state index is 0.558. The zero-order chi connectivity index (χ0) is 15.5. The minimum Gasteiger partial charge on any atom is -0.497 e. The lowest BCUT2D eigenvalue weighted by molar-refractivity contribution is 0.415. The molecule has 0 N–H and O–H groups in total. The van der Waals surface area contributed by atoms with Crippen LogP contribution in [0.3, 0.4) is 0 Å². The van der Waals surface area contributed by atoms with E-state index in [-0.39, 0.29) is 0 Å². The van der Waals surface area contributed by atoms with Crippen molar-refractivity contribution in [1.29, 1.82) is 5.26 Å². The molecule has 2 aromatic heterocycles. The smallest absolute Gasteiger partial charge is 0.119 e. The molecule has 22 heavy (non-hydrogen) atoms. The number of pyridine rings is 1. The van der Waals surface area contributed by atoms with E-state index in [4.69, 9.17) is 4.74 Å². The Labute approximate surface area is 128 Å². The molecular formula is C18H15N3O. The van der Waals surface area contributed by atoms with Gasteiger partial charge in [0.2, 0.25) is 0 Å². The lowest BCUT2D eigenvalue weighted by Crippen LogP contribution is -1.92. The molecule has 0 aliphatic rings. The first kappa shape index (κ1) is 13.9. The van der Waals surface area contributed by atoms with Crippen molar-refractivity contribution in [3.05, 3.63) is 60.9 Å². The molecule has 0 radical (unpaired) electrons. The molecule has 0 spiro atoms. The number of hydrogen-bond donors (Lipinski definition) is 0. The number of rotatable bonds is 4. The second kappa shape index (κ2) is 5.74. The molecule has 4 heteroatoms. The van der Waals surface area contributed by atoms with Gasteiger partial charge in [0, 0.05) is 35.4 Å². The van der Waals surface area contributed by atoms with Gasteiger partial charge in [-0.25, -0.2) is 0 Å². The zero-order valence-electron chi connectivity index (χ0n) is 12.3. The number of nitrogens with zero attached hydrogens (tertiary/aromatic N) is 3. The van der Waals surface area contributed by atoms with E-state index in [1.165, 1.54) is 0 Å². The molecule has 0 aliphatic heterocycles. The van der Waals surface area contributed by atoms with Crippen LogP contribution < -0.4 is 4.74 Å². The van der Waals surface area contributed by atoms with Gasteiger partial charge in [0.15, 0.2) is 0 Å². The van der Waals surface area contributed by atoms with Gasteiger partial charge >= 0.3 is 0 Å². The van der Waals surface area contributed by atoms with E-state index in [9.17, 15) is 5.26 Å². The van der Waals surface area contributed by atoms with Gasteiger partial charge in [-0.15, -0.1) is 6.58 Å². The number of allylic oxidation sites excluding steroid dienone is 1. The number of methoxy groups -OCH3 is 1. The fraction of sp³-hybridized carbons (Fsp3) is 0.111. The number of ether oxygens (including phenoxy) is 1. The second-order valence-electron chi connectivity index (χ2n) is 4.88. The van der Waals surface area contributed by atoms with Gasteiger partial charge in [-0.05, 0) is 30.3 Å². The molecule has 4 nitrogen and oxygen atoms in total. The van der Waals surface area contributed by atoms with Crippen LogP contribution in [0.25, 0.3) is 22.2 Å². The van der Waals surface area contributed by atoms with Crippen molar-refractivity contribution in [3.8, 4) is 23.1 Å². The highest BCUT2D eigenvalue weighted by atomic mass is 16.5. The first-order valence-corrected chi connectivity index (χ1v) is 6.91. The molecule has 0 saturated heterocycles. The van der Waals surface area contributed by atoms with E-state index in [0.29, 0.717) is 17.8 Å². The number of hydrogen-bond acceptors (Lipinski definition) is 3. The topological polar surface area (TPSA) is 50.8 Å². The molecule has 0 saturated carbocycles. The monoisotopic (exact) mass is 289 g/mol. The van der Waals surface area contributed by atoms with Gasteiger partial charge in [-0.2, -0.15) is 5.26 Å². The van der Waals surface area contributed by atoms with Crippen molar-refractivity contribution < 1.29 is 4.74 Å². The summed E-state index contributed by atoms with van der Waals surface area (Å²) in [5, 5.41) is 10.3. The quantitative estimate of drug-likeness (QED) is 0.687. The average Bonchev–Trinajstić information content (AvgIpc) is 2.93. The van der Waals surface area contributed by atoms with E-state index in [2.05, 4.69) is 22.2 Å². The Hall–Kier alpha value is -3.06. The lowest BCUT2D eigenvalue weighted by Gasteiger charge is -2.03. The summed E-state index contributed by atoms with van der Waals surface area (Å²) in [4.78, 5) is 4.40. The molecule has 0 unspecified atom stereocenters. The van der Waals surface area contributed by atoms with Crippen molar-refractivity contribution in [2.24, 2.45) is 0 Å². The van der Waals surface area contributed by atoms with Crippen molar-refractivity contribution in [1.82, 2.24) is 9.55 Å². The Balaban J connectivity index is 2.33. The molecule has 2 heterocycles. The third-order valence-corrected chi connectivity index (χ3v) is 3.60.